The molecule has 1 atom stereocenters. The molecule has 3 N–H and O–H groups in total. The highest BCUT2D eigenvalue weighted by molar-refractivity contribution is 5.96. The Bertz CT molecular complexity index is 536. The summed E-state index contributed by atoms with van der Waals surface area (Å²) >= 11 is 0. The van der Waals surface area contributed by atoms with Crippen LogP contribution in [0.25, 0.3) is 0 Å². The number of pyridine rings is 1. The quantitative estimate of drug-likeness (QED) is 0.692. The maximum absolute atomic E-state index is 12.5. The van der Waals surface area contributed by atoms with Gasteiger partial charge in [-0.15, -0.1) is 0 Å². The van der Waals surface area contributed by atoms with Gasteiger partial charge in [-0.2, -0.15) is 0 Å². The molecule has 0 bridgehead atoms. The SMILES string of the molecule is NCC#Cc1cnccc1C(=O)N1CCOC(CO)C1. The Morgan fingerprint density at radius 2 is 2.50 bits per heavy atom. The van der Waals surface area contributed by atoms with E-state index in [4.69, 9.17) is 15.6 Å². The number of rotatable bonds is 2. The minimum absolute atomic E-state index is 0.0973. The third-order valence-electron chi connectivity index (χ3n) is 3.01. The lowest BCUT2D eigenvalue weighted by Gasteiger charge is -2.32. The van der Waals surface area contributed by atoms with Crippen molar-refractivity contribution in [2.45, 2.75) is 6.10 Å². The lowest BCUT2D eigenvalue weighted by atomic mass is 10.1. The Labute approximate surface area is 117 Å². The molecule has 0 aliphatic carbocycles. The van der Waals surface area contributed by atoms with Gasteiger partial charge >= 0.3 is 0 Å². The van der Waals surface area contributed by atoms with E-state index in [1.54, 1.807) is 23.4 Å². The van der Waals surface area contributed by atoms with Crippen LogP contribution in [0.1, 0.15) is 15.9 Å². The van der Waals surface area contributed by atoms with E-state index in [1.165, 1.54) is 0 Å². The molecule has 20 heavy (non-hydrogen) atoms. The number of nitrogens with two attached hydrogens (primary N) is 1. The van der Waals surface area contributed by atoms with Crippen LogP contribution >= 0.6 is 0 Å². The number of nitrogens with zero attached hydrogens (tertiary/aromatic N) is 2. The third-order valence-corrected chi connectivity index (χ3v) is 3.01. The van der Waals surface area contributed by atoms with E-state index in [2.05, 4.69) is 16.8 Å². The lowest BCUT2D eigenvalue weighted by molar-refractivity contribution is -0.0447. The Morgan fingerprint density at radius 3 is 3.25 bits per heavy atom. The number of amides is 1. The Kier molecular flexibility index (Phi) is 5.07. The zero-order valence-electron chi connectivity index (χ0n) is 11.1. The molecule has 1 fully saturated rings. The highest BCUT2D eigenvalue weighted by Gasteiger charge is 2.25. The fourth-order valence-electron chi connectivity index (χ4n) is 2.01. The number of aliphatic hydroxyl groups excluding tert-OH is 1. The number of aliphatic hydroxyl groups is 1. The van der Waals surface area contributed by atoms with Gasteiger partial charge in [-0.25, -0.2) is 0 Å². The number of ether oxygens (including phenoxy) is 1. The van der Waals surface area contributed by atoms with Gasteiger partial charge in [0.15, 0.2) is 0 Å². The summed E-state index contributed by atoms with van der Waals surface area (Å²) in [7, 11) is 0. The summed E-state index contributed by atoms with van der Waals surface area (Å²) in [5.74, 6) is 5.45. The molecule has 1 aliphatic rings. The van der Waals surface area contributed by atoms with Gasteiger partial charge in [0, 0.05) is 25.5 Å². The first-order chi connectivity index (χ1) is 9.76. The van der Waals surface area contributed by atoms with Gasteiger partial charge in [0.1, 0.15) is 0 Å². The molecule has 1 aromatic rings. The van der Waals surface area contributed by atoms with Gasteiger partial charge in [0.05, 0.1) is 37.0 Å². The first kappa shape index (κ1) is 14.5. The molecule has 1 unspecified atom stereocenters. The smallest absolute Gasteiger partial charge is 0.255 e. The van der Waals surface area contributed by atoms with Gasteiger partial charge in [-0.05, 0) is 6.07 Å². The maximum Gasteiger partial charge on any atom is 0.255 e. The first-order valence-electron chi connectivity index (χ1n) is 6.41. The van der Waals surface area contributed by atoms with Crippen LogP contribution in [0.4, 0.5) is 0 Å². The second-order valence-corrected chi connectivity index (χ2v) is 4.35. The number of carbonyl (C=O) groups is 1. The maximum atomic E-state index is 12.5. The molecular formula is C14H17N3O3. The second kappa shape index (κ2) is 7.01. The monoisotopic (exact) mass is 275 g/mol. The highest BCUT2D eigenvalue weighted by Crippen LogP contribution is 2.13. The standard InChI is InChI=1S/C14H17N3O3/c15-4-1-2-11-8-16-5-3-13(11)14(19)17-6-7-20-12(9-17)10-18/h3,5,8,12,18H,4,6-7,9-10,15H2. The number of morpholine rings is 1. The van der Waals surface area contributed by atoms with Crippen molar-refractivity contribution < 1.29 is 14.6 Å². The number of hydrogen-bond donors (Lipinski definition) is 2. The van der Waals surface area contributed by atoms with Crippen molar-refractivity contribution in [2.75, 3.05) is 32.8 Å². The lowest BCUT2D eigenvalue weighted by Crippen LogP contribution is -2.47. The zero-order chi connectivity index (χ0) is 14.4. The molecule has 1 aliphatic heterocycles. The molecule has 2 rings (SSSR count). The van der Waals surface area contributed by atoms with Crippen LogP contribution in [0, 0.1) is 11.8 Å². The van der Waals surface area contributed by atoms with Crippen molar-refractivity contribution in [3.8, 4) is 11.8 Å². The molecule has 6 nitrogen and oxygen atoms in total. The van der Waals surface area contributed by atoms with Crippen LogP contribution in [0.5, 0.6) is 0 Å². The average molecular weight is 275 g/mol. The van der Waals surface area contributed by atoms with Crippen LogP contribution in [0.15, 0.2) is 18.5 Å². The van der Waals surface area contributed by atoms with Gasteiger partial charge in [-0.3, -0.25) is 9.78 Å². The summed E-state index contributed by atoms with van der Waals surface area (Å²) < 4.78 is 5.34. The van der Waals surface area contributed by atoms with E-state index in [9.17, 15) is 4.79 Å². The van der Waals surface area contributed by atoms with Crippen molar-refractivity contribution in [1.29, 1.82) is 0 Å². The predicted molar refractivity (Wildman–Crippen MR) is 72.9 cm³/mol. The Hall–Kier alpha value is -1.94. The first-order valence-corrected chi connectivity index (χ1v) is 6.41. The Morgan fingerprint density at radius 1 is 1.65 bits per heavy atom. The molecule has 0 aromatic carbocycles. The van der Waals surface area contributed by atoms with Gasteiger partial charge in [-0.1, -0.05) is 11.8 Å². The van der Waals surface area contributed by atoms with Crippen LogP contribution in [-0.4, -0.2) is 59.8 Å². The third kappa shape index (κ3) is 3.33. The van der Waals surface area contributed by atoms with E-state index < -0.39 is 0 Å². The molecule has 1 amide bonds. The molecule has 106 valence electrons. The van der Waals surface area contributed by atoms with Gasteiger partial charge < -0.3 is 20.5 Å². The van der Waals surface area contributed by atoms with E-state index >= 15 is 0 Å². The summed E-state index contributed by atoms with van der Waals surface area (Å²) in [5, 5.41) is 9.12. The number of carbonyl (C=O) groups excluding carboxylic acids is 1. The molecule has 1 saturated heterocycles. The van der Waals surface area contributed by atoms with E-state index in [1.807, 2.05) is 0 Å². The van der Waals surface area contributed by atoms with E-state index in [0.29, 0.717) is 30.8 Å². The molecule has 0 saturated carbocycles. The fourth-order valence-corrected chi connectivity index (χ4v) is 2.01. The van der Waals surface area contributed by atoms with Gasteiger partial charge in [0.25, 0.3) is 5.91 Å². The average Bonchev–Trinajstić information content (AvgIpc) is 2.52. The second-order valence-electron chi connectivity index (χ2n) is 4.35. The highest BCUT2D eigenvalue weighted by atomic mass is 16.5. The number of aromatic nitrogens is 1. The minimum atomic E-state index is -0.326. The molecule has 2 heterocycles. The molecule has 0 radical (unpaired) electrons. The summed E-state index contributed by atoms with van der Waals surface area (Å²) in [5.41, 5.74) is 6.41. The van der Waals surface area contributed by atoms with Crippen molar-refractivity contribution in [3.63, 3.8) is 0 Å². The fraction of sp³-hybridized carbons (Fsp3) is 0.429. The summed E-state index contributed by atoms with van der Waals surface area (Å²) in [6, 6.07) is 1.65. The molecule has 6 heteroatoms. The summed E-state index contributed by atoms with van der Waals surface area (Å²) in [6.45, 7) is 1.43. The largest absolute Gasteiger partial charge is 0.394 e. The predicted octanol–water partition coefficient (Wildman–Crippen LogP) is -0.775. The van der Waals surface area contributed by atoms with Crippen molar-refractivity contribution in [3.05, 3.63) is 29.6 Å². The van der Waals surface area contributed by atoms with Crippen LogP contribution in [-0.2, 0) is 4.74 Å². The number of hydrogen-bond acceptors (Lipinski definition) is 5. The summed E-state index contributed by atoms with van der Waals surface area (Å²) in [4.78, 5) is 18.1. The van der Waals surface area contributed by atoms with Crippen LogP contribution in [0.2, 0.25) is 0 Å². The van der Waals surface area contributed by atoms with Crippen molar-refractivity contribution in [2.24, 2.45) is 5.73 Å². The van der Waals surface area contributed by atoms with Crippen molar-refractivity contribution in [1.82, 2.24) is 9.88 Å². The van der Waals surface area contributed by atoms with E-state index in [-0.39, 0.29) is 25.2 Å². The van der Waals surface area contributed by atoms with Crippen molar-refractivity contribution >= 4 is 5.91 Å². The van der Waals surface area contributed by atoms with E-state index in [0.717, 1.165) is 0 Å². The van der Waals surface area contributed by atoms with Gasteiger partial charge in [0.2, 0.25) is 0 Å². The zero-order valence-corrected chi connectivity index (χ0v) is 11.1. The molecule has 0 spiro atoms. The topological polar surface area (TPSA) is 88.7 Å². The van der Waals surface area contributed by atoms with Crippen LogP contribution < -0.4 is 5.73 Å². The normalized spacial score (nSPS) is 18.3. The molecule has 1 aromatic heterocycles. The Balaban J connectivity index is 2.20. The molecular weight excluding hydrogens is 258 g/mol. The van der Waals surface area contributed by atoms with Crippen LogP contribution in [0.3, 0.4) is 0 Å². The summed E-state index contributed by atoms with van der Waals surface area (Å²) in [6.07, 6.45) is 2.79. The minimum Gasteiger partial charge on any atom is -0.394 e.